The number of para-hydroxylation sites is 2. The molecule has 8 heteroatoms. The standard InChI is InChI=1S/C16H20N4O2S2/c1-19(2)13(21)9-23-15-16(24-10-14(22)20(3)4)18-12-8-6-5-7-11(12)17-15/h5-8H,9-10H2,1-4H3. The molecule has 0 unspecified atom stereocenters. The highest BCUT2D eigenvalue weighted by Crippen LogP contribution is 2.30. The summed E-state index contributed by atoms with van der Waals surface area (Å²) in [4.78, 5) is 36.0. The minimum absolute atomic E-state index is 0.00952. The van der Waals surface area contributed by atoms with Crippen LogP contribution in [0.2, 0.25) is 0 Å². The minimum Gasteiger partial charge on any atom is -0.348 e. The van der Waals surface area contributed by atoms with E-state index in [1.54, 1.807) is 38.0 Å². The molecule has 2 rings (SSSR count). The van der Waals surface area contributed by atoms with Crippen LogP contribution in [0.15, 0.2) is 34.3 Å². The summed E-state index contributed by atoms with van der Waals surface area (Å²) in [5.41, 5.74) is 1.56. The molecule has 2 amide bonds. The number of benzene rings is 1. The van der Waals surface area contributed by atoms with Crippen molar-refractivity contribution in [2.24, 2.45) is 0 Å². The summed E-state index contributed by atoms with van der Waals surface area (Å²) in [6.45, 7) is 0. The second kappa shape index (κ2) is 8.34. The summed E-state index contributed by atoms with van der Waals surface area (Å²) in [6.07, 6.45) is 0. The highest BCUT2D eigenvalue weighted by Gasteiger charge is 2.15. The summed E-state index contributed by atoms with van der Waals surface area (Å²) in [6, 6.07) is 7.58. The van der Waals surface area contributed by atoms with Gasteiger partial charge in [-0.05, 0) is 12.1 Å². The predicted octanol–water partition coefficient (Wildman–Crippen LogP) is 1.99. The Kier molecular flexibility index (Phi) is 6.44. The first kappa shape index (κ1) is 18.5. The molecular formula is C16H20N4O2S2. The molecule has 128 valence electrons. The number of thioether (sulfide) groups is 2. The molecule has 0 aliphatic carbocycles. The second-order valence-corrected chi connectivity index (χ2v) is 7.40. The third-order valence-corrected chi connectivity index (χ3v) is 5.20. The van der Waals surface area contributed by atoms with Gasteiger partial charge in [0.05, 0.1) is 22.5 Å². The molecule has 1 aromatic carbocycles. The molecular weight excluding hydrogens is 344 g/mol. The van der Waals surface area contributed by atoms with E-state index < -0.39 is 0 Å². The summed E-state index contributed by atoms with van der Waals surface area (Å²) in [5.74, 6) is 0.593. The zero-order chi connectivity index (χ0) is 17.7. The van der Waals surface area contributed by atoms with Gasteiger partial charge in [-0.3, -0.25) is 9.59 Å². The first-order valence-electron chi connectivity index (χ1n) is 7.31. The zero-order valence-electron chi connectivity index (χ0n) is 14.1. The molecule has 24 heavy (non-hydrogen) atoms. The van der Waals surface area contributed by atoms with Crippen LogP contribution in [0.4, 0.5) is 0 Å². The van der Waals surface area contributed by atoms with Gasteiger partial charge in [-0.25, -0.2) is 9.97 Å². The summed E-state index contributed by atoms with van der Waals surface area (Å²) >= 11 is 2.70. The van der Waals surface area contributed by atoms with Gasteiger partial charge >= 0.3 is 0 Å². The lowest BCUT2D eigenvalue weighted by Gasteiger charge is -2.13. The van der Waals surface area contributed by atoms with Crippen LogP contribution in [0, 0.1) is 0 Å². The van der Waals surface area contributed by atoms with Crippen molar-refractivity contribution >= 4 is 46.4 Å². The topological polar surface area (TPSA) is 66.4 Å². The molecule has 0 atom stereocenters. The molecule has 0 fully saturated rings. The summed E-state index contributed by atoms with van der Waals surface area (Å²) in [5, 5.41) is 1.36. The van der Waals surface area contributed by atoms with Crippen LogP contribution in [0.3, 0.4) is 0 Å². The van der Waals surface area contributed by atoms with Gasteiger partial charge in [0, 0.05) is 28.2 Å². The number of hydrogen-bond donors (Lipinski definition) is 0. The zero-order valence-corrected chi connectivity index (χ0v) is 15.8. The Labute approximate surface area is 150 Å². The first-order chi connectivity index (χ1) is 11.4. The van der Waals surface area contributed by atoms with Crippen molar-refractivity contribution in [1.29, 1.82) is 0 Å². The molecule has 0 spiro atoms. The lowest BCUT2D eigenvalue weighted by Crippen LogP contribution is -2.24. The maximum atomic E-state index is 11.8. The molecule has 2 aromatic rings. The van der Waals surface area contributed by atoms with Crippen LogP contribution in [-0.2, 0) is 9.59 Å². The van der Waals surface area contributed by atoms with Crippen molar-refractivity contribution in [2.45, 2.75) is 10.1 Å². The Morgan fingerprint density at radius 3 is 1.54 bits per heavy atom. The smallest absolute Gasteiger partial charge is 0.232 e. The molecule has 1 aromatic heterocycles. The number of fused-ring (bicyclic) bond motifs is 1. The van der Waals surface area contributed by atoms with E-state index in [9.17, 15) is 9.59 Å². The Morgan fingerprint density at radius 1 is 0.833 bits per heavy atom. The van der Waals surface area contributed by atoms with Gasteiger partial charge in [0.2, 0.25) is 11.8 Å². The van der Waals surface area contributed by atoms with Crippen LogP contribution in [-0.4, -0.2) is 71.3 Å². The summed E-state index contributed by atoms with van der Waals surface area (Å²) in [7, 11) is 6.89. The molecule has 0 aliphatic heterocycles. The van der Waals surface area contributed by atoms with Crippen molar-refractivity contribution in [3.8, 4) is 0 Å². The van der Waals surface area contributed by atoms with E-state index in [1.165, 1.54) is 23.5 Å². The Hall–Kier alpha value is -1.80. The third kappa shape index (κ3) is 4.85. The van der Waals surface area contributed by atoms with Crippen molar-refractivity contribution in [3.05, 3.63) is 24.3 Å². The van der Waals surface area contributed by atoms with E-state index in [2.05, 4.69) is 9.97 Å². The van der Waals surface area contributed by atoms with Gasteiger partial charge in [-0.1, -0.05) is 35.7 Å². The molecule has 0 aliphatic rings. The molecule has 0 saturated carbocycles. The van der Waals surface area contributed by atoms with Gasteiger partial charge < -0.3 is 9.80 Å². The fourth-order valence-electron chi connectivity index (χ4n) is 1.67. The lowest BCUT2D eigenvalue weighted by atomic mass is 10.3. The molecule has 0 bridgehead atoms. The number of aromatic nitrogens is 2. The fraction of sp³-hybridized carbons (Fsp3) is 0.375. The molecule has 0 radical (unpaired) electrons. The van der Waals surface area contributed by atoms with Crippen LogP contribution in [0.5, 0.6) is 0 Å². The minimum atomic E-state index is 0.00952. The van der Waals surface area contributed by atoms with Crippen LogP contribution in [0.25, 0.3) is 11.0 Å². The van der Waals surface area contributed by atoms with E-state index in [-0.39, 0.29) is 23.3 Å². The summed E-state index contributed by atoms with van der Waals surface area (Å²) < 4.78 is 0. The third-order valence-electron chi connectivity index (χ3n) is 3.17. The van der Waals surface area contributed by atoms with Crippen molar-refractivity contribution in [3.63, 3.8) is 0 Å². The SMILES string of the molecule is CN(C)C(=O)CSc1nc2ccccc2nc1SCC(=O)N(C)C. The maximum Gasteiger partial charge on any atom is 0.232 e. The molecule has 0 N–H and O–H groups in total. The number of amides is 2. The van der Waals surface area contributed by atoms with Gasteiger partial charge in [0.15, 0.2) is 0 Å². The highest BCUT2D eigenvalue weighted by atomic mass is 32.2. The number of hydrogen-bond acceptors (Lipinski definition) is 6. The van der Waals surface area contributed by atoms with E-state index in [0.717, 1.165) is 11.0 Å². The Bertz CT molecular complexity index is 687. The fourth-order valence-corrected chi connectivity index (χ4v) is 3.73. The maximum absolute atomic E-state index is 11.8. The molecule has 6 nitrogen and oxygen atoms in total. The monoisotopic (exact) mass is 364 g/mol. The number of carbonyl (C=O) groups excluding carboxylic acids is 2. The largest absolute Gasteiger partial charge is 0.348 e. The number of rotatable bonds is 6. The molecule has 0 saturated heterocycles. The van der Waals surface area contributed by atoms with E-state index in [0.29, 0.717) is 10.1 Å². The van der Waals surface area contributed by atoms with Gasteiger partial charge in [0.1, 0.15) is 10.1 Å². The predicted molar refractivity (Wildman–Crippen MR) is 98.4 cm³/mol. The Balaban J connectivity index is 2.25. The van der Waals surface area contributed by atoms with Crippen molar-refractivity contribution < 1.29 is 9.59 Å². The van der Waals surface area contributed by atoms with E-state index in [1.807, 2.05) is 24.3 Å². The van der Waals surface area contributed by atoms with E-state index >= 15 is 0 Å². The van der Waals surface area contributed by atoms with Crippen molar-refractivity contribution in [2.75, 3.05) is 39.7 Å². The van der Waals surface area contributed by atoms with E-state index in [4.69, 9.17) is 0 Å². The number of nitrogens with zero attached hydrogens (tertiary/aromatic N) is 4. The quantitative estimate of drug-likeness (QED) is 0.731. The van der Waals surface area contributed by atoms with Gasteiger partial charge in [0.25, 0.3) is 0 Å². The average Bonchev–Trinajstić information content (AvgIpc) is 2.56. The van der Waals surface area contributed by atoms with Gasteiger partial charge in [-0.15, -0.1) is 0 Å². The first-order valence-corrected chi connectivity index (χ1v) is 9.28. The van der Waals surface area contributed by atoms with Crippen LogP contribution in [0.1, 0.15) is 0 Å². The van der Waals surface area contributed by atoms with Crippen molar-refractivity contribution in [1.82, 2.24) is 19.8 Å². The number of carbonyl (C=O) groups is 2. The van der Waals surface area contributed by atoms with Crippen LogP contribution >= 0.6 is 23.5 Å². The second-order valence-electron chi connectivity index (χ2n) is 5.48. The van der Waals surface area contributed by atoms with Gasteiger partial charge in [-0.2, -0.15) is 0 Å². The highest BCUT2D eigenvalue weighted by molar-refractivity contribution is 8.02. The average molecular weight is 364 g/mol. The van der Waals surface area contributed by atoms with Crippen LogP contribution < -0.4 is 0 Å². The Morgan fingerprint density at radius 2 is 1.21 bits per heavy atom. The molecule has 1 heterocycles. The normalized spacial score (nSPS) is 10.7. The lowest BCUT2D eigenvalue weighted by molar-refractivity contribution is -0.126.